The normalized spacial score (nSPS) is 12.3. The molecular formula is C28H31F6N5O9. The maximum absolute atomic E-state index is 12.4. The molecule has 0 saturated carbocycles. The van der Waals surface area contributed by atoms with E-state index in [1.165, 1.54) is 17.0 Å². The molecule has 0 aromatic heterocycles. The summed E-state index contributed by atoms with van der Waals surface area (Å²) in [6, 6.07) is 11.3. The molecule has 48 heavy (non-hydrogen) atoms. The number of nitrogen functional groups attached to an aromatic ring is 1. The number of nitrogens with zero attached hydrogens (tertiary/aromatic N) is 2. The third-order valence-corrected chi connectivity index (χ3v) is 5.69. The number of hydrogen-bond donors (Lipinski definition) is 5. The number of amides is 1. The molecule has 1 aliphatic heterocycles. The van der Waals surface area contributed by atoms with Crippen molar-refractivity contribution in [3.8, 4) is 11.5 Å². The van der Waals surface area contributed by atoms with E-state index >= 15 is 0 Å². The molecule has 3 rings (SSSR count). The van der Waals surface area contributed by atoms with Gasteiger partial charge in [-0.1, -0.05) is 12.1 Å². The molecule has 1 amide bonds. The maximum atomic E-state index is 12.4. The Morgan fingerprint density at radius 3 is 1.71 bits per heavy atom. The predicted octanol–water partition coefficient (Wildman–Crippen LogP) is 3.95. The van der Waals surface area contributed by atoms with Crippen molar-refractivity contribution in [1.29, 1.82) is 10.8 Å². The van der Waals surface area contributed by atoms with E-state index in [2.05, 4.69) is 0 Å². The second-order valence-corrected chi connectivity index (χ2v) is 9.55. The second kappa shape index (κ2) is 18.0. The van der Waals surface area contributed by atoms with E-state index in [-0.39, 0.29) is 30.5 Å². The van der Waals surface area contributed by atoms with Gasteiger partial charge in [0.15, 0.2) is 11.5 Å². The number of amidine groups is 2. The van der Waals surface area contributed by atoms with E-state index in [1.54, 1.807) is 44.4 Å². The summed E-state index contributed by atoms with van der Waals surface area (Å²) in [5, 5.41) is 30.1. The molecular weight excluding hydrogens is 664 g/mol. The highest BCUT2D eigenvalue weighted by molar-refractivity contribution is 5.98. The maximum Gasteiger partial charge on any atom is 0.490 e. The third-order valence-electron chi connectivity index (χ3n) is 5.69. The number of ether oxygens (including phenoxy) is 3. The molecule has 264 valence electrons. The van der Waals surface area contributed by atoms with Crippen LogP contribution in [-0.2, 0) is 14.3 Å². The fraction of sp³-hybridized carbons (Fsp3) is 0.357. The quantitative estimate of drug-likeness (QED) is 0.0876. The molecule has 1 saturated heterocycles. The molecule has 0 atom stereocenters. The average Bonchev–Trinajstić information content (AvgIpc) is 3.54. The van der Waals surface area contributed by atoms with Gasteiger partial charge in [0.1, 0.15) is 24.9 Å². The minimum atomic E-state index is -5.08. The molecule has 1 heterocycles. The third kappa shape index (κ3) is 13.8. The summed E-state index contributed by atoms with van der Waals surface area (Å²) in [5.41, 5.74) is 7.06. The molecule has 2 aromatic carbocycles. The Labute approximate surface area is 268 Å². The molecule has 14 nitrogen and oxygen atoms in total. The second-order valence-electron chi connectivity index (χ2n) is 9.55. The van der Waals surface area contributed by atoms with Crippen LogP contribution in [0.4, 0.5) is 31.1 Å². The minimum Gasteiger partial charge on any atom is -0.486 e. The number of likely N-dealkylation sites (tertiary alicyclic amines) is 1. The number of rotatable bonds is 8. The first-order chi connectivity index (χ1) is 22.1. The summed E-state index contributed by atoms with van der Waals surface area (Å²) < 4.78 is 79.7. The predicted molar refractivity (Wildman–Crippen MR) is 154 cm³/mol. The highest BCUT2D eigenvalue weighted by Crippen LogP contribution is 2.29. The van der Waals surface area contributed by atoms with Gasteiger partial charge in [-0.3, -0.25) is 10.8 Å². The minimum absolute atomic E-state index is 0.00268. The average molecular weight is 696 g/mol. The van der Waals surface area contributed by atoms with Crippen molar-refractivity contribution >= 4 is 35.7 Å². The zero-order chi connectivity index (χ0) is 36.8. The Balaban J connectivity index is 0.000000687. The summed E-state index contributed by atoms with van der Waals surface area (Å²) in [6.45, 7) is 1.72. The van der Waals surface area contributed by atoms with Gasteiger partial charge in [0, 0.05) is 38.3 Å². The molecule has 0 aliphatic carbocycles. The van der Waals surface area contributed by atoms with Gasteiger partial charge in [-0.25, -0.2) is 19.2 Å². The molecule has 0 radical (unpaired) electrons. The number of carbonyl (C=O) groups is 4. The fourth-order valence-corrected chi connectivity index (χ4v) is 3.31. The Bertz CT molecular complexity index is 1440. The number of benzene rings is 2. The van der Waals surface area contributed by atoms with Gasteiger partial charge in [0.05, 0.1) is 5.56 Å². The molecule has 0 spiro atoms. The lowest BCUT2D eigenvalue weighted by atomic mass is 10.1. The van der Waals surface area contributed by atoms with Crippen LogP contribution in [0, 0.1) is 10.8 Å². The van der Waals surface area contributed by atoms with E-state index in [9.17, 15) is 35.9 Å². The number of hydrogen-bond acceptors (Lipinski definition) is 9. The van der Waals surface area contributed by atoms with Crippen LogP contribution >= 0.6 is 0 Å². The summed E-state index contributed by atoms with van der Waals surface area (Å²) in [7, 11) is 3.10. The summed E-state index contributed by atoms with van der Waals surface area (Å²) in [5.74, 6) is -5.37. The first kappa shape index (κ1) is 40.5. The van der Waals surface area contributed by atoms with Crippen LogP contribution in [0.1, 0.15) is 34.3 Å². The largest absolute Gasteiger partial charge is 0.490 e. The Hall–Kier alpha value is -5.56. The van der Waals surface area contributed by atoms with Crippen molar-refractivity contribution < 1.29 is 69.9 Å². The zero-order valence-electron chi connectivity index (χ0n) is 25.3. The molecule has 1 fully saturated rings. The van der Waals surface area contributed by atoms with Crippen molar-refractivity contribution in [2.75, 3.05) is 40.4 Å². The molecule has 6 N–H and O–H groups in total. The van der Waals surface area contributed by atoms with Crippen LogP contribution < -0.4 is 15.2 Å². The standard InChI is InChI=1S/C24H29N5O5.2C2HF3O2/c1-28(2)24(31)34-19-10-9-18(21(25)26)15-20(19)32-13-14-33-23(30)17-7-5-16(6-8-17)22(27)29-11-3-4-12-29;2*3-2(4,5)1(6)7/h5-10,15,27H,3-4,11-14H2,1-2H3,(H3,25,26);2*(H,6,7). The van der Waals surface area contributed by atoms with Gasteiger partial charge in [0.25, 0.3) is 0 Å². The SMILES string of the molecule is CN(C)C(=O)Oc1ccc(C(=N)N)cc1OCCOC(=O)c1ccc(C(=N)N2CCCC2)cc1.O=C(O)C(F)(F)F.O=C(O)C(F)(F)F. The van der Waals surface area contributed by atoms with Crippen LogP contribution in [0.25, 0.3) is 0 Å². The highest BCUT2D eigenvalue weighted by Gasteiger charge is 2.38. The lowest BCUT2D eigenvalue weighted by Crippen LogP contribution is -2.27. The van der Waals surface area contributed by atoms with Crippen molar-refractivity contribution in [2.24, 2.45) is 5.73 Å². The van der Waals surface area contributed by atoms with Crippen molar-refractivity contribution in [3.05, 3.63) is 59.2 Å². The molecule has 20 heteroatoms. The van der Waals surface area contributed by atoms with Gasteiger partial charge in [0.2, 0.25) is 0 Å². The number of carbonyl (C=O) groups excluding carboxylic acids is 2. The van der Waals surface area contributed by atoms with Crippen molar-refractivity contribution in [1.82, 2.24) is 9.80 Å². The van der Waals surface area contributed by atoms with Crippen LogP contribution in [0.5, 0.6) is 11.5 Å². The van der Waals surface area contributed by atoms with E-state index in [1.807, 2.05) is 4.90 Å². The molecule has 0 unspecified atom stereocenters. The number of halogens is 6. The number of nitrogens with one attached hydrogen (secondary N) is 2. The Morgan fingerprint density at radius 2 is 1.27 bits per heavy atom. The van der Waals surface area contributed by atoms with E-state index in [0.717, 1.165) is 31.5 Å². The monoisotopic (exact) mass is 695 g/mol. The topological polar surface area (TPSA) is 217 Å². The lowest BCUT2D eigenvalue weighted by Gasteiger charge is -2.18. The molecule has 2 aromatic rings. The number of carboxylic acid groups (broad SMARTS) is 2. The molecule has 0 bridgehead atoms. The first-order valence-corrected chi connectivity index (χ1v) is 13.4. The van der Waals surface area contributed by atoms with Crippen LogP contribution in [-0.4, -0.2) is 108 Å². The number of esters is 1. The Kier molecular flexibility index (Phi) is 15.1. The highest BCUT2D eigenvalue weighted by atomic mass is 19.4. The Morgan fingerprint density at radius 1 is 0.812 bits per heavy atom. The zero-order valence-corrected chi connectivity index (χ0v) is 25.3. The summed E-state index contributed by atoms with van der Waals surface area (Å²) >= 11 is 0. The van der Waals surface area contributed by atoms with E-state index in [0.29, 0.717) is 17.0 Å². The summed E-state index contributed by atoms with van der Waals surface area (Å²) in [4.78, 5) is 45.3. The number of alkyl halides is 6. The van der Waals surface area contributed by atoms with E-state index < -0.39 is 36.4 Å². The first-order valence-electron chi connectivity index (χ1n) is 13.4. The van der Waals surface area contributed by atoms with Gasteiger partial charge < -0.3 is 40.0 Å². The van der Waals surface area contributed by atoms with Crippen LogP contribution in [0.3, 0.4) is 0 Å². The number of carboxylic acids is 2. The van der Waals surface area contributed by atoms with Gasteiger partial charge in [-0.2, -0.15) is 26.3 Å². The molecule has 1 aliphatic rings. The van der Waals surface area contributed by atoms with Gasteiger partial charge >= 0.3 is 36.4 Å². The summed E-state index contributed by atoms with van der Waals surface area (Å²) in [6.07, 6.45) is -8.57. The number of nitrogens with two attached hydrogens (primary N) is 1. The lowest BCUT2D eigenvalue weighted by molar-refractivity contribution is -0.193. The number of aliphatic carboxylic acids is 2. The smallest absolute Gasteiger partial charge is 0.486 e. The van der Waals surface area contributed by atoms with Gasteiger partial charge in [-0.15, -0.1) is 0 Å². The fourth-order valence-electron chi connectivity index (χ4n) is 3.31. The van der Waals surface area contributed by atoms with Crippen molar-refractivity contribution in [2.45, 2.75) is 25.2 Å². The van der Waals surface area contributed by atoms with Gasteiger partial charge in [-0.05, 0) is 43.2 Å². The van der Waals surface area contributed by atoms with Crippen molar-refractivity contribution in [3.63, 3.8) is 0 Å². The van der Waals surface area contributed by atoms with Crippen LogP contribution in [0.15, 0.2) is 42.5 Å². The van der Waals surface area contributed by atoms with Crippen LogP contribution in [0.2, 0.25) is 0 Å². The van der Waals surface area contributed by atoms with E-state index in [4.69, 9.17) is 50.6 Å².